The second kappa shape index (κ2) is 8.51. The molecule has 4 nitrogen and oxygen atoms in total. The Balaban J connectivity index is 2.69. The van der Waals surface area contributed by atoms with Crippen molar-refractivity contribution in [2.24, 2.45) is 0 Å². The third kappa shape index (κ3) is 5.28. The number of hydrogen-bond acceptors (Lipinski definition) is 3. The summed E-state index contributed by atoms with van der Waals surface area (Å²) in [4.78, 5) is 15.6. The molecule has 0 saturated heterocycles. The molecule has 1 unspecified atom stereocenters. The van der Waals surface area contributed by atoms with E-state index in [9.17, 15) is 4.79 Å². The second-order valence-corrected chi connectivity index (χ2v) is 4.78. The van der Waals surface area contributed by atoms with Gasteiger partial charge in [-0.2, -0.15) is 0 Å². The number of nitrogens with zero attached hydrogens (tertiary/aromatic N) is 1. The fourth-order valence-electron chi connectivity index (χ4n) is 2.10. The molecular formula is C15H25N3O. The molecule has 0 spiro atoms. The Labute approximate surface area is 116 Å². The molecule has 0 aliphatic heterocycles. The van der Waals surface area contributed by atoms with Crippen molar-refractivity contribution in [1.82, 2.24) is 10.3 Å². The fraction of sp³-hybridized carbons (Fsp3) is 0.600. The van der Waals surface area contributed by atoms with Crippen LogP contribution in [0.15, 0.2) is 18.3 Å². The first-order valence-electron chi connectivity index (χ1n) is 7.15. The van der Waals surface area contributed by atoms with Crippen LogP contribution in [-0.2, 0) is 0 Å². The molecule has 0 saturated carbocycles. The number of carbonyl (C=O) groups is 1. The van der Waals surface area contributed by atoms with Crippen molar-refractivity contribution in [3.63, 3.8) is 0 Å². The van der Waals surface area contributed by atoms with E-state index in [1.54, 1.807) is 13.2 Å². The molecule has 106 valence electrons. The number of rotatable bonds is 8. The molecule has 0 aliphatic rings. The lowest BCUT2D eigenvalue weighted by molar-refractivity contribution is 0.0958. The zero-order valence-electron chi connectivity index (χ0n) is 12.2. The zero-order chi connectivity index (χ0) is 14.1. The predicted molar refractivity (Wildman–Crippen MR) is 79.5 cm³/mol. The summed E-state index contributed by atoms with van der Waals surface area (Å²) in [6, 6.07) is 4.21. The molecule has 1 heterocycles. The van der Waals surface area contributed by atoms with Crippen LogP contribution in [0.4, 0.5) is 5.69 Å². The van der Waals surface area contributed by atoms with Gasteiger partial charge in [0.05, 0.1) is 0 Å². The maximum absolute atomic E-state index is 11.5. The lowest BCUT2D eigenvalue weighted by Crippen LogP contribution is -2.21. The van der Waals surface area contributed by atoms with Crippen LogP contribution in [0.5, 0.6) is 0 Å². The van der Waals surface area contributed by atoms with E-state index in [0.717, 1.165) is 18.5 Å². The highest BCUT2D eigenvalue weighted by atomic mass is 16.1. The standard InChI is InChI=1S/C15H25N3O/c1-4-6-8-12(7-5-2)18-13-9-10-17-14(11-13)15(19)16-3/h9-12H,4-8H2,1-3H3,(H,16,19)(H,17,18). The molecule has 0 bridgehead atoms. The molecule has 0 radical (unpaired) electrons. The van der Waals surface area contributed by atoms with E-state index in [1.165, 1.54) is 19.3 Å². The largest absolute Gasteiger partial charge is 0.382 e. The van der Waals surface area contributed by atoms with Crippen molar-refractivity contribution < 1.29 is 4.79 Å². The van der Waals surface area contributed by atoms with E-state index in [0.29, 0.717) is 11.7 Å². The van der Waals surface area contributed by atoms with Crippen LogP contribution in [0, 0.1) is 0 Å². The maximum atomic E-state index is 11.5. The molecular weight excluding hydrogens is 238 g/mol. The van der Waals surface area contributed by atoms with Gasteiger partial charge in [0.1, 0.15) is 5.69 Å². The van der Waals surface area contributed by atoms with Gasteiger partial charge in [-0.1, -0.05) is 33.1 Å². The average molecular weight is 263 g/mol. The lowest BCUT2D eigenvalue weighted by Gasteiger charge is -2.19. The number of carbonyl (C=O) groups excluding carboxylic acids is 1. The van der Waals surface area contributed by atoms with Crippen LogP contribution in [0.25, 0.3) is 0 Å². The predicted octanol–water partition coefficient (Wildman–Crippen LogP) is 3.21. The first kappa shape index (κ1) is 15.5. The molecule has 0 aromatic carbocycles. The smallest absolute Gasteiger partial charge is 0.269 e. The normalized spacial score (nSPS) is 11.9. The first-order valence-corrected chi connectivity index (χ1v) is 7.15. The van der Waals surface area contributed by atoms with Gasteiger partial charge < -0.3 is 10.6 Å². The summed E-state index contributed by atoms with van der Waals surface area (Å²) in [5.41, 5.74) is 1.43. The summed E-state index contributed by atoms with van der Waals surface area (Å²) in [5.74, 6) is -0.149. The number of aromatic nitrogens is 1. The Morgan fingerprint density at radius 2 is 2.11 bits per heavy atom. The van der Waals surface area contributed by atoms with Crippen LogP contribution in [0.3, 0.4) is 0 Å². The van der Waals surface area contributed by atoms with Gasteiger partial charge >= 0.3 is 0 Å². The highest BCUT2D eigenvalue weighted by molar-refractivity contribution is 5.92. The topological polar surface area (TPSA) is 54.0 Å². The number of anilines is 1. The van der Waals surface area contributed by atoms with E-state index in [1.807, 2.05) is 12.1 Å². The fourth-order valence-corrected chi connectivity index (χ4v) is 2.10. The molecule has 1 atom stereocenters. The van der Waals surface area contributed by atoms with Gasteiger partial charge in [-0.05, 0) is 25.0 Å². The van der Waals surface area contributed by atoms with Gasteiger partial charge in [0.25, 0.3) is 5.91 Å². The monoisotopic (exact) mass is 263 g/mol. The highest BCUT2D eigenvalue weighted by Gasteiger charge is 2.09. The summed E-state index contributed by atoms with van der Waals surface area (Å²) in [7, 11) is 1.62. The SMILES string of the molecule is CCCCC(CCC)Nc1ccnc(C(=O)NC)c1. The van der Waals surface area contributed by atoms with Crippen molar-refractivity contribution >= 4 is 11.6 Å². The van der Waals surface area contributed by atoms with Crippen molar-refractivity contribution in [3.8, 4) is 0 Å². The quantitative estimate of drug-likeness (QED) is 0.757. The molecule has 2 N–H and O–H groups in total. The minimum atomic E-state index is -0.149. The van der Waals surface area contributed by atoms with Crippen LogP contribution in [0.1, 0.15) is 56.4 Å². The molecule has 0 fully saturated rings. The number of nitrogens with one attached hydrogen (secondary N) is 2. The van der Waals surface area contributed by atoms with Gasteiger partial charge in [0.15, 0.2) is 0 Å². The third-order valence-corrected chi connectivity index (χ3v) is 3.13. The Bertz CT molecular complexity index is 393. The Kier molecular flexibility index (Phi) is 6.93. The van der Waals surface area contributed by atoms with Gasteiger partial charge in [0, 0.05) is 25.0 Å². The van der Waals surface area contributed by atoms with E-state index in [2.05, 4.69) is 29.5 Å². The molecule has 19 heavy (non-hydrogen) atoms. The maximum Gasteiger partial charge on any atom is 0.269 e. The summed E-state index contributed by atoms with van der Waals surface area (Å²) in [6.45, 7) is 4.41. The van der Waals surface area contributed by atoms with E-state index in [4.69, 9.17) is 0 Å². The molecule has 4 heteroatoms. The third-order valence-electron chi connectivity index (χ3n) is 3.13. The Morgan fingerprint density at radius 1 is 1.32 bits per heavy atom. The van der Waals surface area contributed by atoms with Crippen molar-refractivity contribution in [3.05, 3.63) is 24.0 Å². The highest BCUT2D eigenvalue weighted by Crippen LogP contribution is 2.15. The number of pyridine rings is 1. The summed E-state index contributed by atoms with van der Waals surface area (Å²) in [5, 5.41) is 6.11. The number of unbranched alkanes of at least 4 members (excludes halogenated alkanes) is 1. The van der Waals surface area contributed by atoms with Gasteiger partial charge in [0.2, 0.25) is 0 Å². The molecule has 1 aromatic rings. The molecule has 1 rings (SSSR count). The first-order chi connectivity index (χ1) is 9.21. The number of amides is 1. The average Bonchev–Trinajstić information content (AvgIpc) is 2.44. The van der Waals surface area contributed by atoms with Crippen LogP contribution in [0.2, 0.25) is 0 Å². The van der Waals surface area contributed by atoms with Crippen LogP contribution >= 0.6 is 0 Å². The molecule has 0 aliphatic carbocycles. The van der Waals surface area contributed by atoms with Crippen LogP contribution < -0.4 is 10.6 Å². The van der Waals surface area contributed by atoms with E-state index < -0.39 is 0 Å². The summed E-state index contributed by atoms with van der Waals surface area (Å²) >= 11 is 0. The van der Waals surface area contributed by atoms with Crippen molar-refractivity contribution in [2.45, 2.75) is 52.0 Å². The summed E-state index contributed by atoms with van der Waals surface area (Å²) < 4.78 is 0. The van der Waals surface area contributed by atoms with Crippen molar-refractivity contribution in [1.29, 1.82) is 0 Å². The van der Waals surface area contributed by atoms with Gasteiger partial charge in [-0.3, -0.25) is 9.78 Å². The zero-order valence-corrected chi connectivity index (χ0v) is 12.2. The minimum absolute atomic E-state index is 0.149. The van der Waals surface area contributed by atoms with Crippen LogP contribution in [-0.4, -0.2) is 24.0 Å². The van der Waals surface area contributed by atoms with Crippen molar-refractivity contribution in [2.75, 3.05) is 12.4 Å². The Hall–Kier alpha value is -1.58. The van der Waals surface area contributed by atoms with Gasteiger partial charge in [-0.25, -0.2) is 0 Å². The van der Waals surface area contributed by atoms with E-state index >= 15 is 0 Å². The Morgan fingerprint density at radius 3 is 2.74 bits per heavy atom. The second-order valence-electron chi connectivity index (χ2n) is 4.78. The number of hydrogen-bond donors (Lipinski definition) is 2. The summed E-state index contributed by atoms with van der Waals surface area (Å²) in [6.07, 6.45) is 7.59. The van der Waals surface area contributed by atoms with Gasteiger partial charge in [-0.15, -0.1) is 0 Å². The van der Waals surface area contributed by atoms with E-state index in [-0.39, 0.29) is 5.91 Å². The molecule has 1 amide bonds. The lowest BCUT2D eigenvalue weighted by atomic mass is 10.0. The minimum Gasteiger partial charge on any atom is -0.382 e. The molecule has 1 aromatic heterocycles.